The maximum absolute atomic E-state index is 12.3. The molecule has 0 bridgehead atoms. The van der Waals surface area contributed by atoms with Crippen LogP contribution in [-0.4, -0.2) is 32.8 Å². The van der Waals surface area contributed by atoms with Crippen LogP contribution in [0, 0.1) is 5.92 Å². The highest BCUT2D eigenvalue weighted by molar-refractivity contribution is 5.95. The summed E-state index contributed by atoms with van der Waals surface area (Å²) in [6.07, 6.45) is 5.32. The summed E-state index contributed by atoms with van der Waals surface area (Å²) >= 11 is 0. The second kappa shape index (κ2) is 6.01. The standard InChI is InChI=1S/C16H17N3O3/c20-15(18-13-6-5-12(9-13)16(21)22)11-3-1-4-14(10-11)19-8-2-7-17-19/h1-4,7-8,10,12-13H,5-6,9H2,(H,18,20)(H,21,22)/t12-,13-/m0/s1. The minimum atomic E-state index is -0.780. The number of carbonyl (C=O) groups is 2. The van der Waals surface area contributed by atoms with E-state index in [0.717, 1.165) is 5.69 Å². The topological polar surface area (TPSA) is 84.2 Å². The van der Waals surface area contributed by atoms with E-state index in [1.54, 1.807) is 29.1 Å². The number of hydrogen-bond acceptors (Lipinski definition) is 3. The number of benzene rings is 1. The number of carbonyl (C=O) groups excluding carboxylic acids is 1. The van der Waals surface area contributed by atoms with E-state index in [2.05, 4.69) is 10.4 Å². The van der Waals surface area contributed by atoms with Crippen LogP contribution in [0.15, 0.2) is 42.7 Å². The van der Waals surface area contributed by atoms with Gasteiger partial charge >= 0.3 is 5.97 Å². The highest BCUT2D eigenvalue weighted by atomic mass is 16.4. The van der Waals surface area contributed by atoms with Gasteiger partial charge in [-0.05, 0) is 43.5 Å². The Hall–Kier alpha value is -2.63. The predicted molar refractivity (Wildman–Crippen MR) is 79.8 cm³/mol. The molecule has 0 saturated heterocycles. The molecule has 1 saturated carbocycles. The van der Waals surface area contributed by atoms with Crippen LogP contribution < -0.4 is 5.32 Å². The third kappa shape index (κ3) is 3.00. The molecule has 1 fully saturated rings. The molecule has 1 aromatic heterocycles. The second-order valence-corrected chi connectivity index (χ2v) is 5.52. The SMILES string of the molecule is O=C(N[C@H]1CC[C@H](C(=O)O)C1)c1cccc(-n2cccn2)c1. The summed E-state index contributed by atoms with van der Waals surface area (Å²) in [6, 6.07) is 8.94. The number of nitrogens with one attached hydrogen (secondary N) is 1. The first-order valence-electron chi connectivity index (χ1n) is 7.27. The first-order chi connectivity index (χ1) is 10.6. The largest absolute Gasteiger partial charge is 0.481 e. The summed E-state index contributed by atoms with van der Waals surface area (Å²) in [5, 5.41) is 16.1. The van der Waals surface area contributed by atoms with E-state index < -0.39 is 5.97 Å². The van der Waals surface area contributed by atoms with E-state index in [0.29, 0.717) is 24.8 Å². The fourth-order valence-electron chi connectivity index (χ4n) is 2.82. The van der Waals surface area contributed by atoms with Crippen LogP contribution in [-0.2, 0) is 4.79 Å². The summed E-state index contributed by atoms with van der Waals surface area (Å²) in [5.41, 5.74) is 1.36. The summed E-state index contributed by atoms with van der Waals surface area (Å²) in [4.78, 5) is 23.3. The number of aromatic nitrogens is 2. The lowest BCUT2D eigenvalue weighted by molar-refractivity contribution is -0.141. The van der Waals surface area contributed by atoms with Crippen molar-refractivity contribution in [3.63, 3.8) is 0 Å². The fraction of sp³-hybridized carbons (Fsp3) is 0.312. The molecule has 0 spiro atoms. The molecule has 0 aliphatic heterocycles. The number of aliphatic carboxylic acids is 1. The zero-order valence-electron chi connectivity index (χ0n) is 12.0. The molecule has 2 aromatic rings. The smallest absolute Gasteiger partial charge is 0.306 e. The van der Waals surface area contributed by atoms with E-state index >= 15 is 0 Å². The molecule has 22 heavy (non-hydrogen) atoms. The number of amides is 1. The summed E-state index contributed by atoms with van der Waals surface area (Å²) < 4.78 is 1.69. The van der Waals surface area contributed by atoms with Crippen molar-refractivity contribution in [3.05, 3.63) is 48.3 Å². The van der Waals surface area contributed by atoms with Gasteiger partial charge in [0.2, 0.25) is 0 Å². The van der Waals surface area contributed by atoms with E-state index in [1.807, 2.05) is 18.3 Å². The molecule has 1 aliphatic rings. The van der Waals surface area contributed by atoms with Crippen molar-refractivity contribution in [2.45, 2.75) is 25.3 Å². The molecule has 6 heteroatoms. The summed E-state index contributed by atoms with van der Waals surface area (Å²) in [5.74, 6) is -1.30. The van der Waals surface area contributed by atoms with Crippen molar-refractivity contribution >= 4 is 11.9 Å². The average molecular weight is 299 g/mol. The van der Waals surface area contributed by atoms with Gasteiger partial charge in [0, 0.05) is 24.0 Å². The van der Waals surface area contributed by atoms with Gasteiger partial charge in [-0.15, -0.1) is 0 Å². The first kappa shape index (κ1) is 14.3. The monoisotopic (exact) mass is 299 g/mol. The predicted octanol–water partition coefficient (Wildman–Crippen LogP) is 1.86. The number of hydrogen-bond donors (Lipinski definition) is 2. The van der Waals surface area contributed by atoms with Gasteiger partial charge in [0.15, 0.2) is 0 Å². The van der Waals surface area contributed by atoms with Crippen LogP contribution in [0.4, 0.5) is 0 Å². The maximum atomic E-state index is 12.3. The number of carboxylic acid groups (broad SMARTS) is 1. The Labute approximate surface area is 127 Å². The Morgan fingerprint density at radius 3 is 2.82 bits per heavy atom. The van der Waals surface area contributed by atoms with E-state index in [-0.39, 0.29) is 17.9 Å². The van der Waals surface area contributed by atoms with Gasteiger partial charge in [-0.1, -0.05) is 6.07 Å². The third-order valence-electron chi connectivity index (χ3n) is 3.99. The molecular formula is C16H17N3O3. The second-order valence-electron chi connectivity index (χ2n) is 5.52. The molecule has 0 unspecified atom stereocenters. The van der Waals surface area contributed by atoms with Crippen molar-refractivity contribution in [3.8, 4) is 5.69 Å². The number of carboxylic acids is 1. The first-order valence-corrected chi connectivity index (χ1v) is 7.27. The zero-order chi connectivity index (χ0) is 15.5. The Bertz CT molecular complexity index is 682. The van der Waals surface area contributed by atoms with Crippen molar-refractivity contribution in [1.29, 1.82) is 0 Å². The van der Waals surface area contributed by atoms with Crippen LogP contribution in [0.2, 0.25) is 0 Å². The molecule has 1 aliphatic carbocycles. The normalized spacial score (nSPS) is 20.7. The zero-order valence-corrected chi connectivity index (χ0v) is 12.0. The lowest BCUT2D eigenvalue weighted by Crippen LogP contribution is -2.33. The molecule has 2 atom stereocenters. The fourth-order valence-corrected chi connectivity index (χ4v) is 2.82. The molecule has 6 nitrogen and oxygen atoms in total. The highest BCUT2D eigenvalue weighted by Crippen LogP contribution is 2.26. The van der Waals surface area contributed by atoms with Gasteiger partial charge in [-0.2, -0.15) is 5.10 Å². The highest BCUT2D eigenvalue weighted by Gasteiger charge is 2.30. The van der Waals surface area contributed by atoms with Gasteiger partial charge in [0.05, 0.1) is 11.6 Å². The summed E-state index contributed by atoms with van der Waals surface area (Å²) in [7, 11) is 0. The maximum Gasteiger partial charge on any atom is 0.306 e. The van der Waals surface area contributed by atoms with Gasteiger partial charge in [0.25, 0.3) is 5.91 Å². The molecule has 0 radical (unpaired) electrons. The Balaban J connectivity index is 1.68. The van der Waals surface area contributed by atoms with Gasteiger partial charge in [0.1, 0.15) is 0 Å². The van der Waals surface area contributed by atoms with Crippen molar-refractivity contribution in [2.75, 3.05) is 0 Å². The number of rotatable bonds is 4. The van der Waals surface area contributed by atoms with Crippen LogP contribution in [0.1, 0.15) is 29.6 Å². The Morgan fingerprint density at radius 1 is 1.27 bits per heavy atom. The third-order valence-corrected chi connectivity index (χ3v) is 3.99. The summed E-state index contributed by atoms with van der Waals surface area (Å²) in [6.45, 7) is 0. The van der Waals surface area contributed by atoms with Crippen LogP contribution >= 0.6 is 0 Å². The molecule has 1 aromatic carbocycles. The molecule has 1 heterocycles. The molecule has 1 amide bonds. The van der Waals surface area contributed by atoms with Crippen molar-refractivity contribution < 1.29 is 14.7 Å². The van der Waals surface area contributed by atoms with Gasteiger partial charge in [-0.3, -0.25) is 9.59 Å². The van der Waals surface area contributed by atoms with E-state index in [4.69, 9.17) is 5.11 Å². The minimum absolute atomic E-state index is 0.0676. The lowest BCUT2D eigenvalue weighted by atomic mass is 10.1. The van der Waals surface area contributed by atoms with E-state index in [9.17, 15) is 9.59 Å². The van der Waals surface area contributed by atoms with Gasteiger partial charge < -0.3 is 10.4 Å². The molecular weight excluding hydrogens is 282 g/mol. The van der Waals surface area contributed by atoms with Crippen LogP contribution in [0.5, 0.6) is 0 Å². The quantitative estimate of drug-likeness (QED) is 0.902. The average Bonchev–Trinajstić information content (AvgIpc) is 3.19. The molecule has 114 valence electrons. The lowest BCUT2D eigenvalue weighted by Gasteiger charge is -2.13. The molecule has 2 N–H and O–H groups in total. The van der Waals surface area contributed by atoms with E-state index in [1.165, 1.54) is 0 Å². The van der Waals surface area contributed by atoms with Gasteiger partial charge in [-0.25, -0.2) is 4.68 Å². The number of nitrogens with zero attached hydrogens (tertiary/aromatic N) is 2. The van der Waals surface area contributed by atoms with Crippen molar-refractivity contribution in [1.82, 2.24) is 15.1 Å². The van der Waals surface area contributed by atoms with Crippen LogP contribution in [0.3, 0.4) is 0 Å². The van der Waals surface area contributed by atoms with Crippen molar-refractivity contribution in [2.24, 2.45) is 5.92 Å². The minimum Gasteiger partial charge on any atom is -0.481 e. The molecule has 3 rings (SSSR count). The Morgan fingerprint density at radius 2 is 2.14 bits per heavy atom. The van der Waals surface area contributed by atoms with Crippen LogP contribution in [0.25, 0.3) is 5.69 Å². The Kier molecular flexibility index (Phi) is 3.91.